The lowest BCUT2D eigenvalue weighted by Crippen LogP contribution is -2.52. The van der Waals surface area contributed by atoms with Crippen molar-refractivity contribution >= 4 is 16.1 Å². The minimum Gasteiger partial charge on any atom is -0.497 e. The SMILES string of the molecule is COc1ccc(S(=O)(=O)N(Cc2ccc3c(c2)OCCO3)C2CCCN(C(=O)OC(C)(C)C)C2)cc1. The summed E-state index contributed by atoms with van der Waals surface area (Å²) in [5, 5.41) is 0. The normalized spacial score (nSPS) is 18.1. The Labute approximate surface area is 212 Å². The number of benzene rings is 2. The molecular weight excluding hydrogens is 484 g/mol. The van der Waals surface area contributed by atoms with Crippen LogP contribution in [0.25, 0.3) is 0 Å². The van der Waals surface area contributed by atoms with Gasteiger partial charge in [-0.1, -0.05) is 6.07 Å². The number of hydrogen-bond acceptors (Lipinski definition) is 7. The van der Waals surface area contributed by atoms with E-state index in [-0.39, 0.29) is 18.0 Å². The van der Waals surface area contributed by atoms with Crippen LogP contribution in [0.5, 0.6) is 17.2 Å². The Kier molecular flexibility index (Phi) is 7.65. The molecule has 1 fully saturated rings. The number of carbonyl (C=O) groups excluding carboxylic acids is 1. The van der Waals surface area contributed by atoms with Gasteiger partial charge in [-0.15, -0.1) is 0 Å². The molecule has 0 radical (unpaired) electrons. The lowest BCUT2D eigenvalue weighted by molar-refractivity contribution is 0.0152. The Morgan fingerprint density at radius 3 is 2.44 bits per heavy atom. The van der Waals surface area contributed by atoms with Crippen molar-refractivity contribution in [3.8, 4) is 17.2 Å². The molecule has 0 N–H and O–H groups in total. The summed E-state index contributed by atoms with van der Waals surface area (Å²) in [4.78, 5) is 14.5. The summed E-state index contributed by atoms with van der Waals surface area (Å²) in [6.45, 7) is 7.25. The molecule has 10 heteroatoms. The Morgan fingerprint density at radius 2 is 1.78 bits per heavy atom. The number of fused-ring (bicyclic) bond motifs is 1. The van der Waals surface area contributed by atoms with Crippen molar-refractivity contribution in [3.05, 3.63) is 48.0 Å². The van der Waals surface area contributed by atoms with E-state index in [0.29, 0.717) is 49.8 Å². The van der Waals surface area contributed by atoms with E-state index in [0.717, 1.165) is 5.56 Å². The van der Waals surface area contributed by atoms with Gasteiger partial charge in [0.05, 0.1) is 12.0 Å². The second-order valence-electron chi connectivity index (χ2n) is 9.93. The van der Waals surface area contributed by atoms with Gasteiger partial charge in [0.1, 0.15) is 24.6 Å². The molecular formula is C26H34N2O7S. The first-order valence-corrected chi connectivity index (χ1v) is 13.5. The summed E-state index contributed by atoms with van der Waals surface area (Å²) in [7, 11) is -2.37. The summed E-state index contributed by atoms with van der Waals surface area (Å²) in [5.41, 5.74) is 0.134. The number of amides is 1. The highest BCUT2D eigenvalue weighted by atomic mass is 32.2. The van der Waals surface area contributed by atoms with E-state index in [1.165, 1.54) is 11.4 Å². The molecule has 2 aromatic rings. The fraction of sp³-hybridized carbons (Fsp3) is 0.500. The fourth-order valence-corrected chi connectivity index (χ4v) is 5.98. The molecule has 2 aliphatic rings. The predicted octanol–water partition coefficient (Wildman–Crippen LogP) is 4.06. The first kappa shape index (κ1) is 26.1. The fourth-order valence-electron chi connectivity index (χ4n) is 4.34. The third-order valence-corrected chi connectivity index (χ3v) is 7.98. The Morgan fingerprint density at radius 1 is 1.08 bits per heavy atom. The number of carbonyl (C=O) groups is 1. The van der Waals surface area contributed by atoms with Crippen molar-refractivity contribution in [1.29, 1.82) is 0 Å². The Balaban J connectivity index is 1.65. The first-order valence-electron chi connectivity index (χ1n) is 12.1. The number of hydrogen-bond donors (Lipinski definition) is 0. The highest BCUT2D eigenvalue weighted by Gasteiger charge is 2.37. The van der Waals surface area contributed by atoms with Crippen LogP contribution >= 0.6 is 0 Å². The zero-order valence-corrected chi connectivity index (χ0v) is 22.0. The maximum absolute atomic E-state index is 13.9. The van der Waals surface area contributed by atoms with Crippen LogP contribution in [-0.4, -0.2) is 68.8 Å². The lowest BCUT2D eigenvalue weighted by Gasteiger charge is -2.39. The van der Waals surface area contributed by atoms with Crippen LogP contribution in [0.15, 0.2) is 47.4 Å². The minimum absolute atomic E-state index is 0.123. The number of ether oxygens (including phenoxy) is 4. The number of likely N-dealkylation sites (tertiary alicyclic amines) is 1. The third-order valence-electron chi connectivity index (χ3n) is 6.07. The molecule has 1 saturated heterocycles. The summed E-state index contributed by atoms with van der Waals surface area (Å²) in [6, 6.07) is 11.4. The summed E-state index contributed by atoms with van der Waals surface area (Å²) in [5.74, 6) is 1.81. The Bertz CT molecular complexity index is 1180. The molecule has 0 saturated carbocycles. The van der Waals surface area contributed by atoms with Crippen LogP contribution < -0.4 is 14.2 Å². The largest absolute Gasteiger partial charge is 0.497 e. The molecule has 0 aromatic heterocycles. The zero-order chi connectivity index (χ0) is 25.9. The van der Waals surface area contributed by atoms with E-state index in [1.54, 1.807) is 35.2 Å². The minimum atomic E-state index is -3.90. The van der Waals surface area contributed by atoms with Gasteiger partial charge in [0.25, 0.3) is 0 Å². The molecule has 2 heterocycles. The molecule has 2 aromatic carbocycles. The molecule has 196 valence electrons. The van der Waals surface area contributed by atoms with E-state index < -0.39 is 27.8 Å². The Hall–Kier alpha value is -2.98. The molecule has 0 spiro atoms. The average molecular weight is 519 g/mol. The number of sulfonamides is 1. The van der Waals surface area contributed by atoms with Gasteiger partial charge in [-0.05, 0) is 75.6 Å². The molecule has 2 aliphatic heterocycles. The van der Waals surface area contributed by atoms with Gasteiger partial charge in [0.2, 0.25) is 10.0 Å². The van der Waals surface area contributed by atoms with Crippen molar-refractivity contribution in [2.45, 2.75) is 56.7 Å². The summed E-state index contributed by atoms with van der Waals surface area (Å²) < 4.78 is 51.4. The van der Waals surface area contributed by atoms with E-state index in [4.69, 9.17) is 18.9 Å². The van der Waals surface area contributed by atoms with Crippen LogP contribution in [-0.2, 0) is 21.3 Å². The quantitative estimate of drug-likeness (QED) is 0.569. The summed E-state index contributed by atoms with van der Waals surface area (Å²) in [6.07, 6.45) is 0.854. The number of methoxy groups -OCH3 is 1. The van der Waals surface area contributed by atoms with Gasteiger partial charge in [0.15, 0.2) is 11.5 Å². The second-order valence-corrected chi connectivity index (χ2v) is 11.8. The average Bonchev–Trinajstić information content (AvgIpc) is 2.86. The van der Waals surface area contributed by atoms with E-state index in [9.17, 15) is 13.2 Å². The number of piperidine rings is 1. The molecule has 0 aliphatic carbocycles. The van der Waals surface area contributed by atoms with Gasteiger partial charge < -0.3 is 23.8 Å². The number of nitrogens with zero attached hydrogens (tertiary/aromatic N) is 2. The highest BCUT2D eigenvalue weighted by molar-refractivity contribution is 7.89. The molecule has 1 amide bonds. The smallest absolute Gasteiger partial charge is 0.410 e. The van der Waals surface area contributed by atoms with Crippen LogP contribution in [0, 0.1) is 0 Å². The first-order chi connectivity index (χ1) is 17.1. The van der Waals surface area contributed by atoms with Crippen molar-refractivity contribution < 1.29 is 32.2 Å². The van der Waals surface area contributed by atoms with Gasteiger partial charge >= 0.3 is 6.09 Å². The molecule has 1 unspecified atom stereocenters. The third kappa shape index (κ3) is 6.04. The van der Waals surface area contributed by atoms with Crippen molar-refractivity contribution in [3.63, 3.8) is 0 Å². The lowest BCUT2D eigenvalue weighted by atomic mass is 10.1. The second kappa shape index (κ2) is 10.6. The van der Waals surface area contributed by atoms with E-state index >= 15 is 0 Å². The zero-order valence-electron chi connectivity index (χ0n) is 21.2. The van der Waals surface area contributed by atoms with Gasteiger partial charge in [0, 0.05) is 25.7 Å². The standard InChI is InChI=1S/C26H34N2O7S/c1-26(2,3)35-25(29)27-13-5-6-20(18-27)28(36(30,31)22-10-8-21(32-4)9-11-22)17-19-7-12-23-24(16-19)34-15-14-33-23/h7-12,16,20H,5-6,13-15,17-18H2,1-4H3. The van der Waals surface area contributed by atoms with Crippen molar-refractivity contribution in [2.75, 3.05) is 33.4 Å². The molecule has 4 rings (SSSR count). The maximum Gasteiger partial charge on any atom is 0.410 e. The molecule has 1 atom stereocenters. The van der Waals surface area contributed by atoms with Gasteiger partial charge in [-0.3, -0.25) is 0 Å². The summed E-state index contributed by atoms with van der Waals surface area (Å²) >= 11 is 0. The van der Waals surface area contributed by atoms with E-state index in [1.807, 2.05) is 32.9 Å². The highest BCUT2D eigenvalue weighted by Crippen LogP contribution is 2.33. The van der Waals surface area contributed by atoms with Crippen LogP contribution in [0.1, 0.15) is 39.2 Å². The predicted molar refractivity (Wildman–Crippen MR) is 134 cm³/mol. The molecule has 36 heavy (non-hydrogen) atoms. The number of rotatable bonds is 6. The maximum atomic E-state index is 13.9. The van der Waals surface area contributed by atoms with Crippen LogP contribution in [0.2, 0.25) is 0 Å². The van der Waals surface area contributed by atoms with Gasteiger partial charge in [-0.2, -0.15) is 4.31 Å². The molecule has 9 nitrogen and oxygen atoms in total. The van der Waals surface area contributed by atoms with Crippen LogP contribution in [0.3, 0.4) is 0 Å². The van der Waals surface area contributed by atoms with E-state index in [2.05, 4.69) is 0 Å². The van der Waals surface area contributed by atoms with Crippen molar-refractivity contribution in [2.24, 2.45) is 0 Å². The van der Waals surface area contributed by atoms with Gasteiger partial charge in [-0.25, -0.2) is 13.2 Å². The monoisotopic (exact) mass is 518 g/mol. The van der Waals surface area contributed by atoms with Crippen LogP contribution in [0.4, 0.5) is 4.79 Å². The topological polar surface area (TPSA) is 94.6 Å². The van der Waals surface area contributed by atoms with Crippen molar-refractivity contribution in [1.82, 2.24) is 9.21 Å². The molecule has 0 bridgehead atoms.